The average Bonchev–Trinajstić information content (AvgIpc) is 2.83. The molecular weight excluding hydrogens is 246 g/mol. The van der Waals surface area contributed by atoms with Crippen LogP contribution in [-0.4, -0.2) is 4.57 Å². The highest BCUT2D eigenvalue weighted by Gasteiger charge is 2.11. The molecule has 19 heavy (non-hydrogen) atoms. The number of benzene rings is 1. The smallest absolute Gasteiger partial charge is 0.130 e. The lowest BCUT2D eigenvalue weighted by atomic mass is 10.1. The van der Waals surface area contributed by atoms with E-state index in [4.69, 9.17) is 0 Å². The van der Waals surface area contributed by atoms with Crippen molar-refractivity contribution in [2.75, 3.05) is 0 Å². The molecule has 2 nitrogen and oxygen atoms in total. The molecule has 102 valence electrons. The fourth-order valence-electron chi connectivity index (χ4n) is 2.14. The summed E-state index contributed by atoms with van der Waals surface area (Å²) < 4.78 is 28.6. The summed E-state index contributed by atoms with van der Waals surface area (Å²) in [6.07, 6.45) is 2.01. The van der Waals surface area contributed by atoms with Gasteiger partial charge in [0.2, 0.25) is 0 Å². The molecule has 1 unspecified atom stereocenters. The topological polar surface area (TPSA) is 17.0 Å². The van der Waals surface area contributed by atoms with Crippen LogP contribution in [0.2, 0.25) is 0 Å². The van der Waals surface area contributed by atoms with Gasteiger partial charge in [-0.05, 0) is 32.0 Å². The Labute approximate surface area is 112 Å². The molecule has 0 bridgehead atoms. The summed E-state index contributed by atoms with van der Waals surface area (Å²) in [7, 11) is 0. The van der Waals surface area contributed by atoms with E-state index in [2.05, 4.69) is 16.8 Å². The lowest BCUT2D eigenvalue weighted by molar-refractivity contribution is 0.508. The summed E-state index contributed by atoms with van der Waals surface area (Å²) in [5.74, 6) is -1.06. The Morgan fingerprint density at radius 2 is 2.05 bits per heavy atom. The van der Waals surface area contributed by atoms with Crippen molar-refractivity contribution in [3.05, 3.63) is 59.4 Å². The van der Waals surface area contributed by atoms with Gasteiger partial charge in [-0.1, -0.05) is 6.07 Å². The molecule has 4 heteroatoms. The number of rotatable bonds is 5. The Hall–Kier alpha value is -1.68. The highest BCUT2D eigenvalue weighted by Crippen LogP contribution is 2.18. The van der Waals surface area contributed by atoms with E-state index in [1.807, 2.05) is 25.3 Å². The van der Waals surface area contributed by atoms with Crippen molar-refractivity contribution < 1.29 is 8.78 Å². The number of nitrogens with zero attached hydrogens (tertiary/aromatic N) is 1. The molecule has 1 N–H and O–H groups in total. The molecule has 0 aliphatic heterocycles. The molecular formula is C15H18F2N2. The Balaban J connectivity index is 2.03. The van der Waals surface area contributed by atoms with Gasteiger partial charge in [0, 0.05) is 42.7 Å². The maximum atomic E-state index is 13.6. The van der Waals surface area contributed by atoms with Crippen LogP contribution in [0.3, 0.4) is 0 Å². The van der Waals surface area contributed by atoms with E-state index in [1.54, 1.807) is 0 Å². The zero-order chi connectivity index (χ0) is 13.8. The molecule has 0 radical (unpaired) electrons. The third-order valence-corrected chi connectivity index (χ3v) is 3.28. The van der Waals surface area contributed by atoms with Crippen LogP contribution in [0.4, 0.5) is 8.78 Å². The van der Waals surface area contributed by atoms with E-state index < -0.39 is 11.6 Å². The maximum Gasteiger partial charge on any atom is 0.130 e. The van der Waals surface area contributed by atoms with Crippen molar-refractivity contribution in [1.29, 1.82) is 0 Å². The van der Waals surface area contributed by atoms with Crippen molar-refractivity contribution in [2.45, 2.75) is 33.0 Å². The molecule has 2 rings (SSSR count). The number of aromatic nitrogens is 1. The maximum absolute atomic E-state index is 13.6. The molecule has 1 atom stereocenters. The van der Waals surface area contributed by atoms with Crippen LogP contribution >= 0.6 is 0 Å². The van der Waals surface area contributed by atoms with Crippen LogP contribution in [0.25, 0.3) is 0 Å². The van der Waals surface area contributed by atoms with Crippen molar-refractivity contribution in [2.24, 2.45) is 0 Å². The van der Waals surface area contributed by atoms with Crippen molar-refractivity contribution in [3.63, 3.8) is 0 Å². The summed E-state index contributed by atoms with van der Waals surface area (Å²) >= 11 is 0. The first kappa shape index (κ1) is 13.7. The van der Waals surface area contributed by atoms with Gasteiger partial charge in [-0.2, -0.15) is 0 Å². The third kappa shape index (κ3) is 3.20. The van der Waals surface area contributed by atoms with E-state index >= 15 is 0 Å². The molecule has 0 saturated heterocycles. The standard InChI is InChI=1S/C15H18F2N2/c1-3-19-8-4-5-13(19)10-18-11(2)14-7-6-12(16)9-15(14)17/h4-9,11,18H,3,10H2,1-2H3. The molecule has 1 aromatic carbocycles. The van der Waals surface area contributed by atoms with Crippen LogP contribution in [-0.2, 0) is 13.1 Å². The zero-order valence-corrected chi connectivity index (χ0v) is 11.2. The highest BCUT2D eigenvalue weighted by atomic mass is 19.1. The van der Waals surface area contributed by atoms with Crippen LogP contribution in [0.5, 0.6) is 0 Å². The van der Waals surface area contributed by atoms with Crippen molar-refractivity contribution in [1.82, 2.24) is 9.88 Å². The number of halogens is 2. The summed E-state index contributed by atoms with van der Waals surface area (Å²) in [5.41, 5.74) is 1.63. The molecule has 0 spiro atoms. The van der Waals surface area contributed by atoms with Crippen LogP contribution in [0.1, 0.15) is 31.1 Å². The summed E-state index contributed by atoms with van der Waals surface area (Å²) in [6.45, 7) is 5.50. The predicted molar refractivity (Wildman–Crippen MR) is 71.7 cm³/mol. The van der Waals surface area contributed by atoms with E-state index in [9.17, 15) is 8.78 Å². The van der Waals surface area contributed by atoms with Crippen molar-refractivity contribution >= 4 is 0 Å². The molecule has 0 aliphatic rings. The third-order valence-electron chi connectivity index (χ3n) is 3.28. The summed E-state index contributed by atoms with van der Waals surface area (Å²) in [5, 5.41) is 3.25. The normalized spacial score (nSPS) is 12.6. The van der Waals surface area contributed by atoms with Crippen LogP contribution in [0.15, 0.2) is 36.5 Å². The van der Waals surface area contributed by atoms with Gasteiger partial charge >= 0.3 is 0 Å². The number of nitrogens with one attached hydrogen (secondary N) is 1. The van der Waals surface area contributed by atoms with Gasteiger partial charge in [0.1, 0.15) is 11.6 Å². The average molecular weight is 264 g/mol. The number of aryl methyl sites for hydroxylation is 1. The Bertz CT molecular complexity index is 549. The summed E-state index contributed by atoms with van der Waals surface area (Å²) in [4.78, 5) is 0. The fraction of sp³-hybridized carbons (Fsp3) is 0.333. The second-order valence-corrected chi connectivity index (χ2v) is 4.55. The van der Waals surface area contributed by atoms with Gasteiger partial charge in [0.15, 0.2) is 0 Å². The van der Waals surface area contributed by atoms with E-state index in [0.29, 0.717) is 12.1 Å². The molecule has 0 amide bonds. The van der Waals surface area contributed by atoms with Crippen LogP contribution < -0.4 is 5.32 Å². The molecule has 1 heterocycles. The Morgan fingerprint density at radius 1 is 1.26 bits per heavy atom. The first-order chi connectivity index (χ1) is 9.11. The molecule has 0 fully saturated rings. The van der Waals surface area contributed by atoms with Gasteiger partial charge in [-0.25, -0.2) is 8.78 Å². The van der Waals surface area contributed by atoms with E-state index in [-0.39, 0.29) is 6.04 Å². The number of hydrogen-bond acceptors (Lipinski definition) is 1. The first-order valence-electron chi connectivity index (χ1n) is 6.44. The molecule has 2 aromatic rings. The molecule has 0 saturated carbocycles. The van der Waals surface area contributed by atoms with Crippen molar-refractivity contribution in [3.8, 4) is 0 Å². The van der Waals surface area contributed by atoms with Gasteiger partial charge in [-0.15, -0.1) is 0 Å². The Kier molecular flexibility index (Phi) is 4.32. The monoisotopic (exact) mass is 264 g/mol. The van der Waals surface area contributed by atoms with Gasteiger partial charge in [0.05, 0.1) is 0 Å². The minimum atomic E-state index is -0.548. The second kappa shape index (κ2) is 5.97. The van der Waals surface area contributed by atoms with E-state index in [0.717, 1.165) is 18.3 Å². The van der Waals surface area contributed by atoms with Gasteiger partial charge in [0.25, 0.3) is 0 Å². The molecule has 1 aromatic heterocycles. The lowest BCUT2D eigenvalue weighted by Crippen LogP contribution is -2.20. The second-order valence-electron chi connectivity index (χ2n) is 4.55. The lowest BCUT2D eigenvalue weighted by Gasteiger charge is -2.16. The largest absolute Gasteiger partial charge is 0.351 e. The molecule has 0 aliphatic carbocycles. The minimum Gasteiger partial charge on any atom is -0.351 e. The van der Waals surface area contributed by atoms with E-state index in [1.165, 1.54) is 12.1 Å². The minimum absolute atomic E-state index is 0.166. The van der Waals surface area contributed by atoms with Crippen LogP contribution in [0, 0.1) is 11.6 Å². The Morgan fingerprint density at radius 3 is 2.74 bits per heavy atom. The first-order valence-corrected chi connectivity index (χ1v) is 6.44. The quantitative estimate of drug-likeness (QED) is 0.872. The predicted octanol–water partition coefficient (Wildman–Crippen LogP) is 3.64. The summed E-state index contributed by atoms with van der Waals surface area (Å²) in [6, 6.07) is 7.55. The zero-order valence-electron chi connectivity index (χ0n) is 11.2. The van der Waals surface area contributed by atoms with Gasteiger partial charge < -0.3 is 9.88 Å². The number of hydrogen-bond donors (Lipinski definition) is 1. The van der Waals surface area contributed by atoms with Gasteiger partial charge in [-0.3, -0.25) is 0 Å². The highest BCUT2D eigenvalue weighted by molar-refractivity contribution is 5.21. The fourth-order valence-corrected chi connectivity index (χ4v) is 2.14. The SMILES string of the molecule is CCn1cccc1CNC(C)c1ccc(F)cc1F.